The second kappa shape index (κ2) is 9.38. The van der Waals surface area contributed by atoms with E-state index in [0.717, 1.165) is 0 Å². The summed E-state index contributed by atoms with van der Waals surface area (Å²) < 4.78 is 9.46. The van der Waals surface area contributed by atoms with Crippen molar-refractivity contribution in [3.8, 4) is 5.75 Å². The van der Waals surface area contributed by atoms with Gasteiger partial charge < -0.3 is 20.1 Å². The van der Waals surface area contributed by atoms with Crippen molar-refractivity contribution in [2.75, 3.05) is 27.3 Å². The van der Waals surface area contributed by atoms with Gasteiger partial charge in [0.2, 0.25) is 5.91 Å². The average molecular weight is 308 g/mol. The number of nitrogens with one attached hydrogen (secondary N) is 2. The quantitative estimate of drug-likeness (QED) is 0.682. The maximum atomic E-state index is 11.8. The maximum absolute atomic E-state index is 11.8. The lowest BCUT2D eigenvalue weighted by Crippen LogP contribution is -2.31. The fourth-order valence-corrected chi connectivity index (χ4v) is 1.63. The molecule has 0 aliphatic carbocycles. The summed E-state index contributed by atoms with van der Waals surface area (Å²) >= 11 is 0. The average Bonchev–Trinajstić information content (AvgIpc) is 2.54. The van der Waals surface area contributed by atoms with Crippen LogP contribution >= 0.6 is 0 Å². The summed E-state index contributed by atoms with van der Waals surface area (Å²) in [6.07, 6.45) is 0.267. The number of methoxy groups -OCH3 is 2. The van der Waals surface area contributed by atoms with Crippen LogP contribution in [-0.4, -0.2) is 45.1 Å². The maximum Gasteiger partial charge on any atom is 0.307 e. The summed E-state index contributed by atoms with van der Waals surface area (Å²) in [5.74, 6) is -0.210. The van der Waals surface area contributed by atoms with Crippen molar-refractivity contribution < 1.29 is 23.9 Å². The Hall–Kier alpha value is -2.57. The third-order valence-electron chi connectivity index (χ3n) is 2.87. The first-order valence-corrected chi connectivity index (χ1v) is 6.82. The van der Waals surface area contributed by atoms with E-state index in [1.54, 1.807) is 31.4 Å². The molecule has 7 nitrogen and oxygen atoms in total. The zero-order valence-corrected chi connectivity index (χ0v) is 12.7. The lowest BCUT2D eigenvalue weighted by Gasteiger charge is -2.07. The number of carbonyl (C=O) groups excluding carboxylic acids is 3. The summed E-state index contributed by atoms with van der Waals surface area (Å²) in [6.45, 7) is 0.437. The van der Waals surface area contributed by atoms with Gasteiger partial charge in [0.1, 0.15) is 5.75 Å². The Morgan fingerprint density at radius 1 is 0.955 bits per heavy atom. The van der Waals surface area contributed by atoms with Gasteiger partial charge in [-0.1, -0.05) is 0 Å². The minimum Gasteiger partial charge on any atom is -0.497 e. The second-order valence-corrected chi connectivity index (χ2v) is 4.41. The zero-order valence-electron chi connectivity index (χ0n) is 12.7. The molecule has 0 spiro atoms. The van der Waals surface area contributed by atoms with Gasteiger partial charge in [-0.3, -0.25) is 14.4 Å². The molecule has 0 saturated carbocycles. The highest BCUT2D eigenvalue weighted by atomic mass is 16.5. The number of benzene rings is 1. The van der Waals surface area contributed by atoms with E-state index in [0.29, 0.717) is 11.3 Å². The van der Waals surface area contributed by atoms with Crippen LogP contribution in [0.3, 0.4) is 0 Å². The molecule has 0 aliphatic rings. The highest BCUT2D eigenvalue weighted by molar-refractivity contribution is 5.94. The van der Waals surface area contributed by atoms with Crippen molar-refractivity contribution in [1.82, 2.24) is 10.6 Å². The smallest absolute Gasteiger partial charge is 0.307 e. The minimum atomic E-state index is -0.381. The number of rotatable bonds is 8. The fourth-order valence-electron chi connectivity index (χ4n) is 1.63. The molecule has 7 heteroatoms. The predicted molar refractivity (Wildman–Crippen MR) is 79.6 cm³/mol. The number of hydrogen-bond donors (Lipinski definition) is 2. The van der Waals surface area contributed by atoms with Crippen LogP contribution in [0.25, 0.3) is 0 Å². The van der Waals surface area contributed by atoms with Crippen LogP contribution in [0.15, 0.2) is 24.3 Å². The first-order valence-electron chi connectivity index (χ1n) is 6.82. The van der Waals surface area contributed by atoms with Gasteiger partial charge in [0, 0.05) is 25.1 Å². The first kappa shape index (κ1) is 17.5. The second-order valence-electron chi connectivity index (χ2n) is 4.41. The summed E-state index contributed by atoms with van der Waals surface area (Å²) in [7, 11) is 2.84. The van der Waals surface area contributed by atoms with E-state index >= 15 is 0 Å². The standard InChI is InChI=1S/C15H20N2O5/c1-21-12-5-3-11(4-6-12)15(20)17-9-7-13(18)16-10-8-14(19)22-2/h3-6H,7-10H2,1-2H3,(H,16,18)(H,17,20). The van der Waals surface area contributed by atoms with Gasteiger partial charge in [-0.25, -0.2) is 0 Å². The van der Waals surface area contributed by atoms with E-state index in [9.17, 15) is 14.4 Å². The number of amides is 2. The normalized spacial score (nSPS) is 9.73. The molecule has 0 aromatic heterocycles. The molecule has 0 fully saturated rings. The molecule has 0 unspecified atom stereocenters. The molecule has 1 rings (SSSR count). The molecule has 1 aromatic carbocycles. The van der Waals surface area contributed by atoms with Crippen molar-refractivity contribution in [3.05, 3.63) is 29.8 Å². The third kappa shape index (κ3) is 6.25. The highest BCUT2D eigenvalue weighted by Crippen LogP contribution is 2.10. The predicted octanol–water partition coefficient (Wildman–Crippen LogP) is 0.494. The molecule has 2 N–H and O–H groups in total. The largest absolute Gasteiger partial charge is 0.497 e. The Bertz CT molecular complexity index is 513. The van der Waals surface area contributed by atoms with Gasteiger partial charge in [-0.2, -0.15) is 0 Å². The van der Waals surface area contributed by atoms with E-state index in [-0.39, 0.29) is 43.7 Å². The Kier molecular flexibility index (Phi) is 7.45. The third-order valence-corrected chi connectivity index (χ3v) is 2.87. The monoisotopic (exact) mass is 308 g/mol. The minimum absolute atomic E-state index is 0.125. The SMILES string of the molecule is COC(=O)CCNC(=O)CCNC(=O)c1ccc(OC)cc1. The van der Waals surface area contributed by atoms with Crippen LogP contribution in [-0.2, 0) is 14.3 Å². The summed E-state index contributed by atoms with van der Waals surface area (Å²) in [4.78, 5) is 34.2. The lowest BCUT2D eigenvalue weighted by atomic mass is 10.2. The van der Waals surface area contributed by atoms with E-state index in [2.05, 4.69) is 15.4 Å². The molecular formula is C15H20N2O5. The number of esters is 1. The Morgan fingerprint density at radius 3 is 2.18 bits per heavy atom. The molecule has 1 aromatic rings. The van der Waals surface area contributed by atoms with Gasteiger partial charge in [-0.15, -0.1) is 0 Å². The fraction of sp³-hybridized carbons (Fsp3) is 0.400. The molecule has 0 radical (unpaired) electrons. The van der Waals surface area contributed by atoms with E-state index in [4.69, 9.17) is 4.74 Å². The molecule has 120 valence electrons. The van der Waals surface area contributed by atoms with Gasteiger partial charge in [0.05, 0.1) is 20.6 Å². The molecule has 2 amide bonds. The van der Waals surface area contributed by atoms with Crippen LogP contribution < -0.4 is 15.4 Å². The van der Waals surface area contributed by atoms with Crippen molar-refractivity contribution in [2.24, 2.45) is 0 Å². The van der Waals surface area contributed by atoms with Gasteiger partial charge in [0.25, 0.3) is 5.91 Å². The summed E-state index contributed by atoms with van der Waals surface area (Å²) in [5.41, 5.74) is 0.492. The van der Waals surface area contributed by atoms with E-state index in [1.165, 1.54) is 7.11 Å². The number of ether oxygens (including phenoxy) is 2. The molecule has 22 heavy (non-hydrogen) atoms. The van der Waals surface area contributed by atoms with Crippen LogP contribution in [0.1, 0.15) is 23.2 Å². The van der Waals surface area contributed by atoms with Crippen molar-refractivity contribution >= 4 is 17.8 Å². The lowest BCUT2D eigenvalue weighted by molar-refractivity contribution is -0.140. The molecular weight excluding hydrogens is 288 g/mol. The van der Waals surface area contributed by atoms with Gasteiger partial charge in [0.15, 0.2) is 0 Å². The van der Waals surface area contributed by atoms with Crippen molar-refractivity contribution in [1.29, 1.82) is 0 Å². The van der Waals surface area contributed by atoms with Gasteiger partial charge >= 0.3 is 5.97 Å². The Labute approximate surface area is 129 Å². The van der Waals surface area contributed by atoms with Crippen LogP contribution in [0.2, 0.25) is 0 Å². The first-order chi connectivity index (χ1) is 10.6. The molecule has 0 atom stereocenters. The van der Waals surface area contributed by atoms with Gasteiger partial charge in [-0.05, 0) is 24.3 Å². The molecule has 0 heterocycles. The van der Waals surface area contributed by atoms with E-state index < -0.39 is 0 Å². The molecule has 0 aliphatic heterocycles. The van der Waals surface area contributed by atoms with Crippen molar-refractivity contribution in [2.45, 2.75) is 12.8 Å². The van der Waals surface area contributed by atoms with Crippen LogP contribution in [0.5, 0.6) is 5.75 Å². The number of carbonyl (C=O) groups is 3. The van der Waals surface area contributed by atoms with Crippen LogP contribution in [0.4, 0.5) is 0 Å². The Morgan fingerprint density at radius 2 is 1.59 bits per heavy atom. The molecule has 0 saturated heterocycles. The number of hydrogen-bond acceptors (Lipinski definition) is 5. The van der Waals surface area contributed by atoms with Crippen molar-refractivity contribution in [3.63, 3.8) is 0 Å². The molecule has 0 bridgehead atoms. The summed E-state index contributed by atoms with van der Waals surface area (Å²) in [6, 6.07) is 6.66. The topological polar surface area (TPSA) is 93.7 Å². The van der Waals surface area contributed by atoms with E-state index in [1.807, 2.05) is 0 Å². The highest BCUT2D eigenvalue weighted by Gasteiger charge is 2.07. The van der Waals surface area contributed by atoms with Crippen LogP contribution in [0, 0.1) is 0 Å². The zero-order chi connectivity index (χ0) is 16.4. The summed E-state index contributed by atoms with van der Waals surface area (Å²) in [5, 5.41) is 5.21. The Balaban J connectivity index is 2.23.